The predicted octanol–water partition coefficient (Wildman–Crippen LogP) is 0.370. The minimum absolute atomic E-state index is 0. The van der Waals surface area contributed by atoms with Gasteiger partial charge in [-0.05, 0) is 28.6 Å². The van der Waals surface area contributed by atoms with Gasteiger partial charge in [-0.3, -0.25) is 5.84 Å². The lowest BCUT2D eigenvalue weighted by molar-refractivity contribution is 0.789. The van der Waals surface area contributed by atoms with Gasteiger partial charge in [0, 0.05) is 0 Å². The zero-order valence-corrected chi connectivity index (χ0v) is 7.98. The number of anilines is 1. The van der Waals surface area contributed by atoms with E-state index in [-0.39, 0.29) is 12.4 Å². The number of benzene rings is 1. The number of rotatable bonds is 2. The van der Waals surface area contributed by atoms with Crippen LogP contribution in [-0.2, 0) is 0 Å². The van der Waals surface area contributed by atoms with Gasteiger partial charge >= 0.3 is 0 Å². The molecule has 2 rings (SSSR count). The Bertz CT molecular complexity index is 387. The van der Waals surface area contributed by atoms with Crippen LogP contribution < -0.4 is 11.3 Å². The van der Waals surface area contributed by atoms with E-state index in [2.05, 4.69) is 21.0 Å². The molecule has 0 spiro atoms. The number of hydrazine groups is 1. The third-order valence-electron chi connectivity index (χ3n) is 1.63. The minimum Gasteiger partial charge on any atom is -0.324 e. The molecular formula is C7H9ClN6. The Morgan fingerprint density at radius 1 is 1.36 bits per heavy atom. The Balaban J connectivity index is 0.000000980. The Hall–Kier alpha value is -1.66. The van der Waals surface area contributed by atoms with Gasteiger partial charge in [-0.15, -0.1) is 17.5 Å². The second-order valence-corrected chi connectivity index (χ2v) is 2.45. The molecular weight excluding hydrogens is 204 g/mol. The highest BCUT2D eigenvalue weighted by Crippen LogP contribution is 2.11. The third kappa shape index (κ3) is 1.98. The Morgan fingerprint density at radius 2 is 2.21 bits per heavy atom. The normalized spacial score (nSPS) is 9.21. The molecule has 0 saturated carbocycles. The van der Waals surface area contributed by atoms with Crippen LogP contribution >= 0.6 is 12.4 Å². The smallest absolute Gasteiger partial charge is 0.143 e. The van der Waals surface area contributed by atoms with Gasteiger partial charge < -0.3 is 5.43 Å². The summed E-state index contributed by atoms with van der Waals surface area (Å²) < 4.78 is 1.56. The Kier molecular flexibility index (Phi) is 3.38. The van der Waals surface area contributed by atoms with Crippen LogP contribution in [0.15, 0.2) is 30.6 Å². The molecule has 1 aromatic carbocycles. The van der Waals surface area contributed by atoms with Gasteiger partial charge in [-0.1, -0.05) is 6.07 Å². The van der Waals surface area contributed by atoms with Crippen molar-refractivity contribution in [3.63, 3.8) is 0 Å². The highest BCUT2D eigenvalue weighted by atomic mass is 35.5. The number of tetrazole rings is 1. The van der Waals surface area contributed by atoms with E-state index in [1.807, 2.05) is 24.3 Å². The van der Waals surface area contributed by atoms with E-state index < -0.39 is 0 Å². The molecule has 0 unspecified atom stereocenters. The molecule has 0 bridgehead atoms. The number of hydrogen-bond donors (Lipinski definition) is 2. The molecule has 0 atom stereocenters. The van der Waals surface area contributed by atoms with E-state index in [0.29, 0.717) is 0 Å². The van der Waals surface area contributed by atoms with Crippen molar-refractivity contribution in [2.45, 2.75) is 0 Å². The number of nitrogens with two attached hydrogens (primary N) is 1. The maximum Gasteiger partial charge on any atom is 0.143 e. The zero-order chi connectivity index (χ0) is 9.10. The van der Waals surface area contributed by atoms with Crippen molar-refractivity contribution in [2.24, 2.45) is 5.84 Å². The second kappa shape index (κ2) is 4.54. The summed E-state index contributed by atoms with van der Waals surface area (Å²) in [4.78, 5) is 0. The predicted molar refractivity (Wildman–Crippen MR) is 54.2 cm³/mol. The van der Waals surface area contributed by atoms with Crippen LogP contribution in [0.25, 0.3) is 5.69 Å². The summed E-state index contributed by atoms with van der Waals surface area (Å²) >= 11 is 0. The summed E-state index contributed by atoms with van der Waals surface area (Å²) in [5.41, 5.74) is 4.22. The average Bonchev–Trinajstić information content (AvgIpc) is 2.71. The summed E-state index contributed by atoms with van der Waals surface area (Å²) in [5, 5.41) is 10.8. The standard InChI is InChI=1S/C7H8N6.ClH/c8-10-6-2-1-3-7(4-6)13-5-9-11-12-13;/h1-5,10H,8H2;1H. The van der Waals surface area contributed by atoms with Crippen molar-refractivity contribution in [2.75, 3.05) is 5.43 Å². The quantitative estimate of drug-likeness (QED) is 0.555. The Labute approximate surface area is 86.5 Å². The van der Waals surface area contributed by atoms with Crippen molar-refractivity contribution < 1.29 is 0 Å². The van der Waals surface area contributed by atoms with Crippen molar-refractivity contribution in [1.29, 1.82) is 0 Å². The first kappa shape index (κ1) is 10.4. The van der Waals surface area contributed by atoms with Gasteiger partial charge in [-0.2, -0.15) is 0 Å². The molecule has 7 heteroatoms. The lowest BCUT2D eigenvalue weighted by atomic mass is 10.3. The van der Waals surface area contributed by atoms with Crippen LogP contribution in [0.5, 0.6) is 0 Å². The molecule has 0 radical (unpaired) electrons. The van der Waals surface area contributed by atoms with E-state index in [0.717, 1.165) is 11.4 Å². The monoisotopic (exact) mass is 212 g/mol. The fraction of sp³-hybridized carbons (Fsp3) is 0. The molecule has 0 saturated heterocycles. The SMILES string of the molecule is Cl.NNc1cccc(-n2cnnn2)c1. The molecule has 74 valence electrons. The molecule has 0 aliphatic carbocycles. The molecule has 6 nitrogen and oxygen atoms in total. The maximum absolute atomic E-state index is 5.26. The van der Waals surface area contributed by atoms with E-state index in [1.54, 1.807) is 4.68 Å². The van der Waals surface area contributed by atoms with Gasteiger partial charge in [0.2, 0.25) is 0 Å². The average molecular weight is 213 g/mol. The van der Waals surface area contributed by atoms with Crippen molar-refractivity contribution in [3.8, 4) is 5.69 Å². The number of hydrogen-bond acceptors (Lipinski definition) is 5. The summed E-state index contributed by atoms with van der Waals surface area (Å²) in [6.07, 6.45) is 1.52. The van der Waals surface area contributed by atoms with Crippen molar-refractivity contribution in [3.05, 3.63) is 30.6 Å². The molecule has 0 aliphatic rings. The molecule has 0 fully saturated rings. The lowest BCUT2D eigenvalue weighted by Crippen LogP contribution is -2.07. The van der Waals surface area contributed by atoms with E-state index in [4.69, 9.17) is 5.84 Å². The first-order valence-corrected chi connectivity index (χ1v) is 3.70. The third-order valence-corrected chi connectivity index (χ3v) is 1.63. The lowest BCUT2D eigenvalue weighted by Gasteiger charge is -2.02. The molecule has 3 N–H and O–H groups in total. The first-order chi connectivity index (χ1) is 6.40. The maximum atomic E-state index is 5.26. The fourth-order valence-corrected chi connectivity index (χ4v) is 1.02. The van der Waals surface area contributed by atoms with Gasteiger partial charge in [-0.25, -0.2) is 4.68 Å². The minimum atomic E-state index is 0. The molecule has 0 aliphatic heterocycles. The number of halogens is 1. The molecule has 14 heavy (non-hydrogen) atoms. The van der Waals surface area contributed by atoms with E-state index in [1.165, 1.54) is 6.33 Å². The first-order valence-electron chi connectivity index (χ1n) is 3.70. The van der Waals surface area contributed by atoms with Crippen LogP contribution in [0.2, 0.25) is 0 Å². The summed E-state index contributed by atoms with van der Waals surface area (Å²) in [6, 6.07) is 7.45. The number of nitrogens with one attached hydrogen (secondary N) is 1. The van der Waals surface area contributed by atoms with Gasteiger partial charge in [0.15, 0.2) is 0 Å². The summed E-state index contributed by atoms with van der Waals surface area (Å²) in [6.45, 7) is 0. The van der Waals surface area contributed by atoms with Gasteiger partial charge in [0.05, 0.1) is 11.4 Å². The van der Waals surface area contributed by atoms with Crippen molar-refractivity contribution in [1.82, 2.24) is 20.2 Å². The van der Waals surface area contributed by atoms with Crippen molar-refractivity contribution >= 4 is 18.1 Å². The van der Waals surface area contributed by atoms with Crippen LogP contribution in [0.3, 0.4) is 0 Å². The van der Waals surface area contributed by atoms with Crippen LogP contribution in [0.4, 0.5) is 5.69 Å². The van der Waals surface area contributed by atoms with E-state index in [9.17, 15) is 0 Å². The highest BCUT2D eigenvalue weighted by Gasteiger charge is 1.97. The number of nitrogens with zero attached hydrogens (tertiary/aromatic N) is 4. The Morgan fingerprint density at radius 3 is 2.86 bits per heavy atom. The fourth-order valence-electron chi connectivity index (χ4n) is 1.02. The van der Waals surface area contributed by atoms with Crippen LogP contribution in [0.1, 0.15) is 0 Å². The molecule has 0 amide bonds. The zero-order valence-electron chi connectivity index (χ0n) is 7.16. The van der Waals surface area contributed by atoms with Gasteiger partial charge in [0.25, 0.3) is 0 Å². The van der Waals surface area contributed by atoms with E-state index >= 15 is 0 Å². The second-order valence-electron chi connectivity index (χ2n) is 2.45. The topological polar surface area (TPSA) is 81.6 Å². The number of aromatic nitrogens is 4. The molecule has 1 aromatic heterocycles. The highest BCUT2D eigenvalue weighted by molar-refractivity contribution is 5.85. The molecule has 1 heterocycles. The summed E-state index contributed by atoms with van der Waals surface area (Å²) in [5.74, 6) is 5.26. The van der Waals surface area contributed by atoms with Gasteiger partial charge in [0.1, 0.15) is 6.33 Å². The number of nitrogen functional groups attached to an aromatic ring is 1. The van der Waals surface area contributed by atoms with Crippen LogP contribution in [-0.4, -0.2) is 20.2 Å². The molecule has 2 aromatic rings. The largest absolute Gasteiger partial charge is 0.324 e. The summed E-state index contributed by atoms with van der Waals surface area (Å²) in [7, 11) is 0. The van der Waals surface area contributed by atoms with Crippen LogP contribution in [0, 0.1) is 0 Å².